The van der Waals surface area contributed by atoms with Crippen molar-refractivity contribution in [2.45, 2.75) is 63.1 Å². The van der Waals surface area contributed by atoms with Crippen molar-refractivity contribution >= 4 is 28.3 Å². The zero-order valence-electron chi connectivity index (χ0n) is 21.1. The average molecular weight is 523 g/mol. The van der Waals surface area contributed by atoms with Crippen LogP contribution in [0.15, 0.2) is 24.4 Å². The van der Waals surface area contributed by atoms with E-state index in [-0.39, 0.29) is 22.8 Å². The minimum atomic E-state index is -0.488. The topological polar surface area (TPSA) is 66.4 Å². The molecule has 4 saturated heterocycles. The molecular formula is C28H32ClFN6O. The van der Waals surface area contributed by atoms with Gasteiger partial charge in [0.15, 0.2) is 5.82 Å². The van der Waals surface area contributed by atoms with Gasteiger partial charge in [0.2, 0.25) is 0 Å². The van der Waals surface area contributed by atoms with Crippen molar-refractivity contribution in [2.75, 3.05) is 37.7 Å². The summed E-state index contributed by atoms with van der Waals surface area (Å²) in [4.78, 5) is 18.9. The van der Waals surface area contributed by atoms with Gasteiger partial charge in [0.05, 0.1) is 15.9 Å². The van der Waals surface area contributed by atoms with Crippen LogP contribution in [0.4, 0.5) is 10.2 Å². The number of anilines is 1. The number of pyridine rings is 1. The number of nitrogens with one attached hydrogen (secondary N) is 1. The van der Waals surface area contributed by atoms with E-state index in [4.69, 9.17) is 21.3 Å². The second kappa shape index (κ2) is 9.03. The predicted octanol–water partition coefficient (Wildman–Crippen LogP) is 4.74. The first-order chi connectivity index (χ1) is 18.0. The Morgan fingerprint density at radius 3 is 2.65 bits per heavy atom. The van der Waals surface area contributed by atoms with Crippen molar-refractivity contribution < 1.29 is 9.13 Å². The molecule has 0 amide bonds. The fourth-order valence-electron chi connectivity index (χ4n) is 6.98. The molecule has 0 aliphatic carbocycles. The van der Waals surface area contributed by atoms with Crippen LogP contribution in [-0.4, -0.2) is 70.3 Å². The summed E-state index contributed by atoms with van der Waals surface area (Å²) in [5, 5.41) is 4.78. The normalized spacial score (nSPS) is 24.7. The smallest absolute Gasteiger partial charge is 0.319 e. The highest BCUT2D eigenvalue weighted by atomic mass is 35.5. The van der Waals surface area contributed by atoms with Crippen LogP contribution < -0.4 is 15.0 Å². The zero-order valence-corrected chi connectivity index (χ0v) is 21.9. The number of hydrogen-bond acceptors (Lipinski definition) is 7. The Morgan fingerprint density at radius 1 is 1.14 bits per heavy atom. The first-order valence-corrected chi connectivity index (χ1v) is 13.9. The number of nitrogens with zero attached hydrogens (tertiary/aromatic N) is 5. The Labute approximate surface area is 221 Å². The Bertz CT molecular complexity index is 1350. The minimum Gasteiger partial charge on any atom is -0.461 e. The summed E-state index contributed by atoms with van der Waals surface area (Å²) in [5.74, 6) is 0.219. The summed E-state index contributed by atoms with van der Waals surface area (Å²) in [5.41, 5.74) is 1.94. The minimum absolute atomic E-state index is 0.0592. The third-order valence-corrected chi connectivity index (χ3v) is 9.39. The Kier molecular flexibility index (Phi) is 5.75. The van der Waals surface area contributed by atoms with Crippen LogP contribution in [0, 0.1) is 12.7 Å². The molecule has 1 aromatic carbocycles. The lowest BCUT2D eigenvalue weighted by atomic mass is 9.95. The van der Waals surface area contributed by atoms with E-state index in [2.05, 4.69) is 25.1 Å². The molecule has 4 aliphatic heterocycles. The van der Waals surface area contributed by atoms with E-state index in [1.54, 1.807) is 12.3 Å². The van der Waals surface area contributed by atoms with E-state index >= 15 is 4.39 Å². The quantitative estimate of drug-likeness (QED) is 0.519. The fraction of sp³-hybridized carbons (Fsp3) is 0.536. The van der Waals surface area contributed by atoms with Gasteiger partial charge in [0.25, 0.3) is 0 Å². The summed E-state index contributed by atoms with van der Waals surface area (Å²) in [7, 11) is 0. The predicted molar refractivity (Wildman–Crippen MR) is 143 cm³/mol. The van der Waals surface area contributed by atoms with E-state index in [0.29, 0.717) is 40.5 Å². The van der Waals surface area contributed by atoms with Gasteiger partial charge >= 0.3 is 6.01 Å². The van der Waals surface area contributed by atoms with Gasteiger partial charge in [-0.15, -0.1) is 0 Å². The van der Waals surface area contributed by atoms with E-state index < -0.39 is 5.82 Å². The molecule has 37 heavy (non-hydrogen) atoms. The van der Waals surface area contributed by atoms with E-state index in [1.807, 2.05) is 19.1 Å². The van der Waals surface area contributed by atoms with Gasteiger partial charge in [-0.2, -0.15) is 9.97 Å². The van der Waals surface area contributed by atoms with Crippen LogP contribution in [0.2, 0.25) is 5.02 Å². The van der Waals surface area contributed by atoms with E-state index in [0.717, 1.165) is 57.4 Å². The third kappa shape index (κ3) is 3.96. The maximum atomic E-state index is 16.2. The molecule has 4 fully saturated rings. The summed E-state index contributed by atoms with van der Waals surface area (Å²) >= 11 is 6.56. The van der Waals surface area contributed by atoms with Gasteiger partial charge in [-0.1, -0.05) is 29.8 Å². The number of piperazine rings is 1. The highest BCUT2D eigenvalue weighted by molar-refractivity contribution is 6.34. The second-order valence-electron chi connectivity index (χ2n) is 11.2. The molecule has 9 heteroatoms. The van der Waals surface area contributed by atoms with E-state index in [1.165, 1.54) is 12.8 Å². The lowest BCUT2D eigenvalue weighted by Crippen LogP contribution is -2.51. The Morgan fingerprint density at radius 2 is 1.89 bits per heavy atom. The maximum Gasteiger partial charge on any atom is 0.319 e. The molecular weight excluding hydrogens is 491 g/mol. The molecule has 3 aromatic rings. The first-order valence-electron chi connectivity index (χ1n) is 13.5. The molecule has 7 rings (SSSR count). The molecule has 194 valence electrons. The van der Waals surface area contributed by atoms with Crippen LogP contribution in [0.1, 0.15) is 44.1 Å². The van der Waals surface area contributed by atoms with Crippen molar-refractivity contribution in [3.8, 4) is 17.3 Å². The molecule has 2 atom stereocenters. The number of benzene rings is 1. The van der Waals surface area contributed by atoms with Crippen molar-refractivity contribution in [1.82, 2.24) is 25.2 Å². The van der Waals surface area contributed by atoms with Gasteiger partial charge in [-0.3, -0.25) is 9.88 Å². The van der Waals surface area contributed by atoms with Crippen LogP contribution >= 0.6 is 11.6 Å². The first kappa shape index (κ1) is 23.6. The van der Waals surface area contributed by atoms with Crippen LogP contribution in [0.3, 0.4) is 0 Å². The second-order valence-corrected chi connectivity index (χ2v) is 11.6. The third-order valence-electron chi connectivity index (χ3n) is 8.89. The molecule has 2 aromatic heterocycles. The summed E-state index contributed by atoms with van der Waals surface area (Å²) < 4.78 is 22.5. The molecule has 2 bridgehead atoms. The average Bonchev–Trinajstić information content (AvgIpc) is 3.58. The summed E-state index contributed by atoms with van der Waals surface area (Å²) in [6.07, 6.45) is 8.63. The fourth-order valence-corrected chi connectivity index (χ4v) is 7.19. The molecule has 0 radical (unpaired) electrons. The number of ether oxygens (including phenoxy) is 1. The van der Waals surface area contributed by atoms with Gasteiger partial charge in [-0.05, 0) is 64.1 Å². The number of rotatable bonds is 5. The van der Waals surface area contributed by atoms with Gasteiger partial charge in [0.1, 0.15) is 23.6 Å². The molecule has 4 aliphatic rings. The van der Waals surface area contributed by atoms with Crippen molar-refractivity contribution in [3.05, 3.63) is 40.8 Å². The number of aryl methyl sites for hydroxylation is 1. The van der Waals surface area contributed by atoms with Crippen molar-refractivity contribution in [3.63, 3.8) is 0 Å². The van der Waals surface area contributed by atoms with Gasteiger partial charge in [0, 0.05) is 36.9 Å². The number of fused-ring (bicyclic) bond motifs is 4. The zero-order chi connectivity index (χ0) is 25.1. The molecule has 6 heterocycles. The number of hydrogen-bond donors (Lipinski definition) is 1. The van der Waals surface area contributed by atoms with Crippen LogP contribution in [0.5, 0.6) is 6.01 Å². The lowest BCUT2D eigenvalue weighted by Gasteiger charge is -2.34. The lowest BCUT2D eigenvalue weighted by molar-refractivity contribution is 0.108. The number of aromatic nitrogens is 3. The summed E-state index contributed by atoms with van der Waals surface area (Å²) in [6, 6.07) is 6.65. The maximum absolute atomic E-state index is 16.2. The standard InChI is InChI=1S/C28H32ClFN6O/c1-17-5-2-6-20(22(17)29)24-23(30)25-21(13-31-24)26(35-14-18-7-8-19(15-35)32-18)34-27(33-25)37-16-28-9-3-11-36(28)12-4-10-28/h2,5-6,13,18-19,32H,3-4,7-12,14-16H2,1H3. The molecule has 0 spiro atoms. The monoisotopic (exact) mass is 522 g/mol. The SMILES string of the molecule is Cc1cccc(-c2ncc3c(N4CC5CCC(C4)N5)nc(OCC45CCCN4CCC5)nc3c2F)c1Cl. The molecule has 2 unspecified atom stereocenters. The Balaban J connectivity index is 1.32. The van der Waals surface area contributed by atoms with Crippen LogP contribution in [0.25, 0.3) is 22.2 Å². The van der Waals surface area contributed by atoms with E-state index in [9.17, 15) is 0 Å². The largest absolute Gasteiger partial charge is 0.461 e. The van der Waals surface area contributed by atoms with Gasteiger partial charge in [-0.25, -0.2) is 4.39 Å². The van der Waals surface area contributed by atoms with Crippen LogP contribution in [-0.2, 0) is 0 Å². The molecule has 0 saturated carbocycles. The van der Waals surface area contributed by atoms with Crippen molar-refractivity contribution in [2.24, 2.45) is 0 Å². The highest BCUT2D eigenvalue weighted by Gasteiger charge is 2.45. The van der Waals surface area contributed by atoms with Gasteiger partial charge < -0.3 is 15.0 Å². The van der Waals surface area contributed by atoms with Crippen molar-refractivity contribution in [1.29, 1.82) is 0 Å². The Hall–Kier alpha value is -2.55. The highest BCUT2D eigenvalue weighted by Crippen LogP contribution is 2.40. The molecule has 1 N–H and O–H groups in total. The number of halogens is 2. The molecule has 7 nitrogen and oxygen atoms in total. The summed E-state index contributed by atoms with van der Waals surface area (Å²) in [6.45, 7) is 6.34.